The number of halogens is 1. The lowest BCUT2D eigenvalue weighted by Crippen LogP contribution is -2.53. The SMILES string of the molecule is C=Cc1ccc(N2C(=O)[C@H]3[C@H](CC=C4[C@H]3C[C@H]3C(=O)N(Nc5ccc(C)cc5)C(=O)[C@@]3(c3ccccc3)[C@H]4c3cc(Cl)ccc3O)C2=O)cc1. The van der Waals surface area contributed by atoms with Crippen LogP contribution in [-0.4, -0.2) is 33.7 Å². The van der Waals surface area contributed by atoms with Crippen molar-refractivity contribution in [3.63, 3.8) is 0 Å². The number of phenols is 1. The Balaban J connectivity index is 1.31. The highest BCUT2D eigenvalue weighted by Gasteiger charge is 2.70. The lowest BCUT2D eigenvalue weighted by Gasteiger charge is -2.50. The maximum Gasteiger partial charge on any atom is 0.260 e. The van der Waals surface area contributed by atoms with E-state index in [0.29, 0.717) is 27.5 Å². The number of hydrazine groups is 1. The number of nitrogens with zero attached hydrogens (tertiary/aromatic N) is 2. The van der Waals surface area contributed by atoms with Gasteiger partial charge in [-0.05, 0) is 79.3 Å². The van der Waals surface area contributed by atoms with E-state index in [1.807, 2.05) is 55.5 Å². The number of aryl methyl sites for hydroxylation is 1. The first-order chi connectivity index (χ1) is 24.1. The zero-order valence-electron chi connectivity index (χ0n) is 27.3. The van der Waals surface area contributed by atoms with Gasteiger partial charge < -0.3 is 5.11 Å². The third-order valence-corrected chi connectivity index (χ3v) is 11.3. The third kappa shape index (κ3) is 4.58. The topological polar surface area (TPSA) is 107 Å². The lowest BCUT2D eigenvalue weighted by molar-refractivity contribution is -0.138. The summed E-state index contributed by atoms with van der Waals surface area (Å²) in [7, 11) is 0. The molecule has 250 valence electrons. The number of allylic oxidation sites excluding steroid dienone is 2. The van der Waals surface area contributed by atoms with Crippen LogP contribution in [0.1, 0.15) is 41.0 Å². The molecule has 2 N–H and O–H groups in total. The number of anilines is 2. The third-order valence-electron chi connectivity index (χ3n) is 11.1. The molecule has 8 rings (SSSR count). The van der Waals surface area contributed by atoms with Gasteiger partial charge in [-0.15, -0.1) is 0 Å². The molecule has 2 saturated heterocycles. The number of carbonyl (C=O) groups excluding carboxylic acids is 4. The van der Waals surface area contributed by atoms with E-state index in [1.54, 1.807) is 54.6 Å². The van der Waals surface area contributed by atoms with Crippen LogP contribution in [0.5, 0.6) is 5.75 Å². The Labute approximate surface area is 294 Å². The summed E-state index contributed by atoms with van der Waals surface area (Å²) < 4.78 is 0. The van der Waals surface area contributed by atoms with Crippen LogP contribution in [0.3, 0.4) is 0 Å². The van der Waals surface area contributed by atoms with E-state index in [-0.39, 0.29) is 30.4 Å². The molecule has 2 aliphatic carbocycles. The number of rotatable bonds is 6. The molecule has 4 aliphatic rings. The molecular weight excluding hydrogens is 650 g/mol. The van der Waals surface area contributed by atoms with Crippen molar-refractivity contribution in [3.05, 3.63) is 143 Å². The molecule has 6 atom stereocenters. The quantitative estimate of drug-likeness (QED) is 0.165. The van der Waals surface area contributed by atoms with Gasteiger partial charge in [0.1, 0.15) is 5.75 Å². The van der Waals surface area contributed by atoms with Crippen LogP contribution in [-0.2, 0) is 24.6 Å². The van der Waals surface area contributed by atoms with Gasteiger partial charge in [-0.2, -0.15) is 5.01 Å². The minimum atomic E-state index is -1.50. The number of carbonyl (C=O) groups is 4. The minimum absolute atomic E-state index is 0.0833. The number of benzene rings is 4. The van der Waals surface area contributed by atoms with Crippen LogP contribution in [0.2, 0.25) is 5.02 Å². The summed E-state index contributed by atoms with van der Waals surface area (Å²) in [5.74, 6) is -5.41. The van der Waals surface area contributed by atoms with Gasteiger partial charge in [0.25, 0.3) is 11.8 Å². The lowest BCUT2D eigenvalue weighted by atomic mass is 9.49. The molecule has 0 aromatic heterocycles. The summed E-state index contributed by atoms with van der Waals surface area (Å²) in [6, 6.07) is 28.4. The summed E-state index contributed by atoms with van der Waals surface area (Å²) in [6.07, 6.45) is 4.07. The van der Waals surface area contributed by atoms with Gasteiger partial charge in [-0.3, -0.25) is 29.5 Å². The Morgan fingerprint density at radius 2 is 1.60 bits per heavy atom. The molecule has 0 spiro atoms. The van der Waals surface area contributed by atoms with Crippen LogP contribution < -0.4 is 10.3 Å². The second kappa shape index (κ2) is 11.8. The van der Waals surface area contributed by atoms with Crippen molar-refractivity contribution in [1.29, 1.82) is 0 Å². The standard InChI is InChI=1S/C41H34ClN3O5/c1-3-24-11-16-28(17-12-24)44-37(47)30-19-18-29-31(35(30)39(44)49)22-33-38(48)45(43-27-14-9-23(2)10-15-27)40(50)41(33,25-7-5-4-6-8-25)36(29)32-21-26(42)13-20-34(32)46/h3-18,20-21,30-31,33,35-36,43,46H,1,19,22H2,2H3/t30-,31+,33-,35-,36+,41+/m0/s1. The number of hydrogen-bond acceptors (Lipinski definition) is 6. The summed E-state index contributed by atoms with van der Waals surface area (Å²) in [5.41, 5.74) is 6.24. The highest BCUT2D eigenvalue weighted by molar-refractivity contribution is 6.30. The Bertz CT molecular complexity index is 2110. The minimum Gasteiger partial charge on any atom is -0.508 e. The van der Waals surface area contributed by atoms with Crippen LogP contribution in [0.15, 0.2) is 115 Å². The van der Waals surface area contributed by atoms with Crippen molar-refractivity contribution in [2.75, 3.05) is 10.3 Å². The number of fused-ring (bicyclic) bond motifs is 4. The molecule has 1 saturated carbocycles. The van der Waals surface area contributed by atoms with Gasteiger partial charge in [0, 0.05) is 16.5 Å². The maximum atomic E-state index is 15.2. The largest absolute Gasteiger partial charge is 0.508 e. The predicted molar refractivity (Wildman–Crippen MR) is 191 cm³/mol. The Morgan fingerprint density at radius 1 is 0.880 bits per heavy atom. The van der Waals surface area contributed by atoms with Gasteiger partial charge in [-0.1, -0.05) is 96.1 Å². The summed E-state index contributed by atoms with van der Waals surface area (Å²) in [4.78, 5) is 59.7. The second-order valence-electron chi connectivity index (χ2n) is 13.6. The molecule has 4 aromatic carbocycles. The predicted octanol–water partition coefficient (Wildman–Crippen LogP) is 7.19. The number of hydrogen-bond donors (Lipinski definition) is 2. The molecule has 0 unspecified atom stereocenters. The van der Waals surface area contributed by atoms with E-state index >= 15 is 4.79 Å². The molecule has 4 aromatic rings. The Morgan fingerprint density at radius 3 is 2.30 bits per heavy atom. The molecule has 2 aliphatic heterocycles. The number of imide groups is 2. The fourth-order valence-electron chi connectivity index (χ4n) is 8.86. The highest BCUT2D eigenvalue weighted by atomic mass is 35.5. The zero-order chi connectivity index (χ0) is 34.9. The van der Waals surface area contributed by atoms with Crippen molar-refractivity contribution < 1.29 is 24.3 Å². The van der Waals surface area contributed by atoms with Gasteiger partial charge >= 0.3 is 0 Å². The van der Waals surface area contributed by atoms with Crippen molar-refractivity contribution in [2.45, 2.75) is 31.1 Å². The first-order valence-corrected chi connectivity index (χ1v) is 17.1. The number of aromatic hydroxyl groups is 1. The number of amides is 4. The molecule has 0 bridgehead atoms. The van der Waals surface area contributed by atoms with E-state index in [0.717, 1.165) is 21.7 Å². The number of phenolic OH excluding ortho intramolecular Hbond substituents is 1. The van der Waals surface area contributed by atoms with E-state index in [9.17, 15) is 19.5 Å². The van der Waals surface area contributed by atoms with E-state index in [4.69, 9.17) is 11.6 Å². The fourth-order valence-corrected chi connectivity index (χ4v) is 9.04. The Kier molecular flexibility index (Phi) is 7.53. The normalized spacial score (nSPS) is 27.1. The molecular formula is C41H34ClN3O5. The second-order valence-corrected chi connectivity index (χ2v) is 14.0. The summed E-state index contributed by atoms with van der Waals surface area (Å²) >= 11 is 6.58. The molecule has 8 nitrogen and oxygen atoms in total. The molecule has 3 fully saturated rings. The number of nitrogens with one attached hydrogen (secondary N) is 1. The molecule has 4 amide bonds. The average Bonchev–Trinajstić information content (AvgIpc) is 3.51. The van der Waals surface area contributed by atoms with Gasteiger partial charge in [-0.25, -0.2) is 0 Å². The van der Waals surface area contributed by atoms with Gasteiger partial charge in [0.15, 0.2) is 0 Å². The van der Waals surface area contributed by atoms with E-state index in [1.165, 1.54) is 11.0 Å². The first kappa shape index (κ1) is 31.8. The molecule has 0 radical (unpaired) electrons. The van der Waals surface area contributed by atoms with Crippen molar-refractivity contribution in [3.8, 4) is 5.75 Å². The van der Waals surface area contributed by atoms with Crippen LogP contribution in [0.25, 0.3) is 6.08 Å². The first-order valence-electron chi connectivity index (χ1n) is 16.7. The van der Waals surface area contributed by atoms with Gasteiger partial charge in [0.2, 0.25) is 11.8 Å². The van der Waals surface area contributed by atoms with E-state index in [2.05, 4.69) is 12.0 Å². The van der Waals surface area contributed by atoms with Crippen molar-refractivity contribution >= 4 is 52.7 Å². The van der Waals surface area contributed by atoms with Crippen LogP contribution in [0.4, 0.5) is 11.4 Å². The van der Waals surface area contributed by atoms with Gasteiger partial charge in [0.05, 0.1) is 34.5 Å². The average molecular weight is 684 g/mol. The van der Waals surface area contributed by atoms with Crippen molar-refractivity contribution in [1.82, 2.24) is 5.01 Å². The van der Waals surface area contributed by atoms with Crippen molar-refractivity contribution in [2.24, 2.45) is 23.7 Å². The highest BCUT2D eigenvalue weighted by Crippen LogP contribution is 2.65. The Hall–Kier alpha value is -5.47. The fraction of sp³-hybridized carbons (Fsp3) is 0.220. The van der Waals surface area contributed by atoms with E-state index < -0.39 is 46.8 Å². The molecule has 9 heteroatoms. The van der Waals surface area contributed by atoms with Crippen LogP contribution >= 0.6 is 11.6 Å². The summed E-state index contributed by atoms with van der Waals surface area (Å²) in [5, 5.41) is 13.0. The molecule has 50 heavy (non-hydrogen) atoms. The smallest absolute Gasteiger partial charge is 0.260 e. The maximum absolute atomic E-state index is 15.2. The molecule has 2 heterocycles. The monoisotopic (exact) mass is 683 g/mol. The zero-order valence-corrected chi connectivity index (χ0v) is 28.0. The summed E-state index contributed by atoms with van der Waals surface area (Å²) in [6.45, 7) is 5.74. The van der Waals surface area contributed by atoms with Crippen LogP contribution in [0, 0.1) is 30.6 Å².